The third-order valence-corrected chi connectivity index (χ3v) is 7.76. The fraction of sp³-hybridized carbons (Fsp3) is 0.419. The molecule has 4 atom stereocenters. The number of ether oxygens (including phenoxy) is 2. The van der Waals surface area contributed by atoms with Gasteiger partial charge in [0.05, 0.1) is 18.8 Å². The normalized spacial score (nSPS) is 25.3. The van der Waals surface area contributed by atoms with Crippen molar-refractivity contribution >= 4 is 0 Å². The van der Waals surface area contributed by atoms with Crippen molar-refractivity contribution in [3.05, 3.63) is 107 Å². The number of nitrogens with two attached hydrogens (primary N) is 1. The Hall–Kier alpha value is -2.58. The van der Waals surface area contributed by atoms with E-state index in [1.807, 2.05) is 24.3 Å². The van der Waals surface area contributed by atoms with Gasteiger partial charge in [-0.05, 0) is 22.3 Å². The molecule has 2 saturated heterocycles. The minimum Gasteiger partial charge on any atom is -0.392 e. The Morgan fingerprint density at radius 3 is 2.03 bits per heavy atom. The molecule has 2 aliphatic heterocycles. The Morgan fingerprint density at radius 1 is 0.757 bits per heavy atom. The highest BCUT2D eigenvalue weighted by Crippen LogP contribution is 2.42. The summed E-state index contributed by atoms with van der Waals surface area (Å²) in [6.07, 6.45) is -0.490. The molecule has 0 unspecified atom stereocenters. The predicted octanol–water partition coefficient (Wildman–Crippen LogP) is 4.25. The Balaban J connectivity index is 1.28. The molecule has 2 aliphatic rings. The summed E-state index contributed by atoms with van der Waals surface area (Å²) in [7, 11) is 0. The van der Waals surface area contributed by atoms with Gasteiger partial charge >= 0.3 is 0 Å². The van der Waals surface area contributed by atoms with Gasteiger partial charge in [0.15, 0.2) is 6.29 Å². The predicted molar refractivity (Wildman–Crippen MR) is 145 cm³/mol. The summed E-state index contributed by atoms with van der Waals surface area (Å²) in [5, 5.41) is 9.48. The maximum absolute atomic E-state index is 9.48. The van der Waals surface area contributed by atoms with Gasteiger partial charge in [-0.15, -0.1) is 0 Å². The maximum atomic E-state index is 9.48. The number of rotatable bonds is 8. The van der Waals surface area contributed by atoms with Crippen LogP contribution in [0.2, 0.25) is 0 Å². The average Bonchev–Trinajstić information content (AvgIpc) is 2.96. The van der Waals surface area contributed by atoms with Gasteiger partial charge in [0.25, 0.3) is 0 Å². The van der Waals surface area contributed by atoms with E-state index in [1.54, 1.807) is 0 Å². The van der Waals surface area contributed by atoms with Crippen LogP contribution in [-0.2, 0) is 29.2 Å². The van der Waals surface area contributed by atoms with E-state index in [2.05, 4.69) is 71.3 Å². The van der Waals surface area contributed by atoms with E-state index < -0.39 is 6.29 Å². The summed E-state index contributed by atoms with van der Waals surface area (Å²) in [5.74, 6) is 0.182. The second-order valence-corrected chi connectivity index (χ2v) is 10.3. The highest BCUT2D eigenvalue weighted by Gasteiger charge is 2.39. The Labute approximate surface area is 220 Å². The maximum Gasteiger partial charge on any atom is 0.184 e. The van der Waals surface area contributed by atoms with Crippen LogP contribution < -0.4 is 5.73 Å². The molecule has 3 N–H and O–H groups in total. The lowest BCUT2D eigenvalue weighted by Crippen LogP contribution is -2.51. The lowest BCUT2D eigenvalue weighted by Gasteiger charge is -2.44. The van der Waals surface area contributed by atoms with E-state index in [-0.39, 0.29) is 24.7 Å². The van der Waals surface area contributed by atoms with Crippen LogP contribution in [0.3, 0.4) is 0 Å². The molecule has 3 aromatic rings. The Bertz CT molecular complexity index is 1100. The summed E-state index contributed by atoms with van der Waals surface area (Å²) in [6.45, 7) is 8.86. The van der Waals surface area contributed by atoms with E-state index in [0.717, 1.165) is 61.5 Å². The second-order valence-electron chi connectivity index (χ2n) is 10.3. The summed E-state index contributed by atoms with van der Waals surface area (Å²) in [4.78, 5) is 5.07. The number of nitrogens with zero attached hydrogens (tertiary/aromatic N) is 2. The first-order valence-electron chi connectivity index (χ1n) is 13.4. The van der Waals surface area contributed by atoms with E-state index in [4.69, 9.17) is 15.2 Å². The van der Waals surface area contributed by atoms with Gasteiger partial charge < -0.3 is 20.3 Å². The van der Waals surface area contributed by atoms with Crippen LogP contribution in [0.15, 0.2) is 78.9 Å². The van der Waals surface area contributed by atoms with Crippen molar-refractivity contribution < 1.29 is 14.6 Å². The molecule has 3 aromatic carbocycles. The molecule has 0 spiro atoms. The molecule has 5 rings (SSSR count). The number of aliphatic hydroxyl groups is 1. The van der Waals surface area contributed by atoms with Crippen molar-refractivity contribution in [1.29, 1.82) is 0 Å². The number of aliphatic hydroxyl groups excluding tert-OH is 1. The second kappa shape index (κ2) is 12.3. The van der Waals surface area contributed by atoms with E-state index in [9.17, 15) is 5.11 Å². The highest BCUT2D eigenvalue weighted by atomic mass is 16.7. The molecule has 0 aliphatic carbocycles. The van der Waals surface area contributed by atoms with Crippen LogP contribution in [0.5, 0.6) is 0 Å². The van der Waals surface area contributed by atoms with E-state index in [1.165, 1.54) is 5.56 Å². The minimum atomic E-state index is -0.435. The molecule has 37 heavy (non-hydrogen) atoms. The smallest absolute Gasteiger partial charge is 0.184 e. The molecular formula is C31H39N3O3. The van der Waals surface area contributed by atoms with Crippen molar-refractivity contribution in [2.75, 3.05) is 32.7 Å². The third-order valence-electron chi connectivity index (χ3n) is 7.76. The standard InChI is InChI=1S/C31H39N3O3/c1-23-29(21-34-17-15-33(16-18-34)20-25-5-3-2-4-6-25)36-31(28-13-7-24(19-32)8-14-28)37-30(23)27-11-9-26(22-35)10-12-27/h2-14,23,29-31,35H,15-22,32H2,1H3/t23-,29+,30+,31+/m0/s1. The lowest BCUT2D eigenvalue weighted by molar-refractivity contribution is -0.276. The van der Waals surface area contributed by atoms with Gasteiger partial charge in [0.1, 0.15) is 0 Å². The zero-order chi connectivity index (χ0) is 25.6. The Morgan fingerprint density at radius 2 is 1.38 bits per heavy atom. The fourth-order valence-electron chi connectivity index (χ4n) is 5.37. The number of hydrogen-bond acceptors (Lipinski definition) is 6. The van der Waals surface area contributed by atoms with Gasteiger partial charge in [-0.25, -0.2) is 0 Å². The van der Waals surface area contributed by atoms with Crippen LogP contribution in [0.4, 0.5) is 0 Å². The molecule has 0 radical (unpaired) electrons. The topological polar surface area (TPSA) is 71.2 Å². The molecule has 2 fully saturated rings. The van der Waals surface area contributed by atoms with Gasteiger partial charge in [-0.2, -0.15) is 0 Å². The molecule has 0 aromatic heterocycles. The van der Waals surface area contributed by atoms with Crippen molar-refractivity contribution in [1.82, 2.24) is 9.80 Å². The summed E-state index contributed by atoms with van der Waals surface area (Å²) in [6, 6.07) is 27.0. The highest BCUT2D eigenvalue weighted by molar-refractivity contribution is 5.27. The van der Waals surface area contributed by atoms with E-state index >= 15 is 0 Å². The molecule has 0 amide bonds. The minimum absolute atomic E-state index is 0.0381. The average molecular weight is 502 g/mol. The Kier molecular flexibility index (Phi) is 8.66. The molecule has 6 nitrogen and oxygen atoms in total. The van der Waals surface area contributed by atoms with Crippen LogP contribution >= 0.6 is 0 Å². The van der Waals surface area contributed by atoms with E-state index in [0.29, 0.717) is 6.54 Å². The number of benzene rings is 3. The first-order chi connectivity index (χ1) is 18.1. The first-order valence-corrected chi connectivity index (χ1v) is 13.4. The molecule has 2 heterocycles. The summed E-state index contributed by atoms with van der Waals surface area (Å²) < 4.78 is 13.2. The van der Waals surface area contributed by atoms with Crippen LogP contribution in [-0.4, -0.2) is 53.7 Å². The van der Waals surface area contributed by atoms with Gasteiger partial charge in [0.2, 0.25) is 0 Å². The molecule has 0 bridgehead atoms. The zero-order valence-corrected chi connectivity index (χ0v) is 21.7. The molecule has 196 valence electrons. The molecule has 0 saturated carbocycles. The SMILES string of the molecule is C[C@H]1[C@@H](CN2CCN(Cc3ccccc3)CC2)O[C@@H](c2ccc(CN)cc2)O[C@H]1c1ccc(CO)cc1. The monoisotopic (exact) mass is 501 g/mol. The van der Waals surface area contributed by atoms with Crippen molar-refractivity contribution in [2.45, 2.75) is 45.1 Å². The lowest BCUT2D eigenvalue weighted by atomic mass is 9.90. The van der Waals surface area contributed by atoms with Crippen molar-refractivity contribution in [3.63, 3.8) is 0 Å². The quantitative estimate of drug-likeness (QED) is 0.481. The van der Waals surface area contributed by atoms with Gasteiger partial charge in [-0.1, -0.05) is 85.8 Å². The first kappa shape index (κ1) is 26.0. The summed E-state index contributed by atoms with van der Waals surface area (Å²) in [5.41, 5.74) is 11.3. The van der Waals surface area contributed by atoms with Gasteiger partial charge in [-0.3, -0.25) is 9.80 Å². The largest absolute Gasteiger partial charge is 0.392 e. The third kappa shape index (κ3) is 6.47. The van der Waals surface area contributed by atoms with Crippen LogP contribution in [0.25, 0.3) is 0 Å². The van der Waals surface area contributed by atoms with Crippen LogP contribution in [0.1, 0.15) is 47.1 Å². The zero-order valence-electron chi connectivity index (χ0n) is 21.7. The van der Waals surface area contributed by atoms with Crippen molar-refractivity contribution in [3.8, 4) is 0 Å². The summed E-state index contributed by atoms with van der Waals surface area (Å²) >= 11 is 0. The molecular weight excluding hydrogens is 462 g/mol. The number of hydrogen-bond donors (Lipinski definition) is 2. The van der Waals surface area contributed by atoms with Crippen molar-refractivity contribution in [2.24, 2.45) is 11.7 Å². The molecule has 6 heteroatoms. The van der Waals surface area contributed by atoms with Crippen LogP contribution in [0, 0.1) is 5.92 Å². The van der Waals surface area contributed by atoms with Gasteiger partial charge in [0, 0.05) is 57.3 Å². The number of piperazine rings is 1. The fourth-order valence-corrected chi connectivity index (χ4v) is 5.37.